The Labute approximate surface area is 211 Å². The quantitative estimate of drug-likeness (QED) is 0.261. The van der Waals surface area contributed by atoms with E-state index in [2.05, 4.69) is 26.0 Å². The van der Waals surface area contributed by atoms with E-state index in [1.54, 1.807) is 19.9 Å². The number of ketones is 1. The first kappa shape index (κ1) is 27.9. The number of aliphatic hydroxyl groups is 2. The normalized spacial score (nSPS) is 33.6. The molecule has 35 heavy (non-hydrogen) atoms. The van der Waals surface area contributed by atoms with Gasteiger partial charge in [-0.15, -0.1) is 0 Å². The summed E-state index contributed by atoms with van der Waals surface area (Å²) in [7, 11) is 0. The van der Waals surface area contributed by atoms with E-state index in [1.165, 1.54) is 12.0 Å². The highest BCUT2D eigenvalue weighted by molar-refractivity contribution is 6.08. The largest absolute Gasteiger partial charge is 0.465 e. The summed E-state index contributed by atoms with van der Waals surface area (Å²) >= 11 is 0. The molecule has 0 spiro atoms. The molecule has 196 valence electrons. The van der Waals surface area contributed by atoms with E-state index in [4.69, 9.17) is 4.74 Å². The van der Waals surface area contributed by atoms with E-state index in [-0.39, 0.29) is 17.1 Å². The van der Waals surface area contributed by atoms with Crippen LogP contribution in [0.25, 0.3) is 0 Å². The number of fused-ring (bicyclic) bond motifs is 1. The molecule has 0 aromatic carbocycles. The van der Waals surface area contributed by atoms with Gasteiger partial charge in [-0.1, -0.05) is 50.1 Å². The van der Waals surface area contributed by atoms with Crippen LogP contribution in [0, 0.1) is 28.6 Å². The van der Waals surface area contributed by atoms with Crippen LogP contribution >= 0.6 is 0 Å². The molecular weight excluding hydrogens is 440 g/mol. The molecular formula is C30H46O5. The van der Waals surface area contributed by atoms with Crippen LogP contribution in [-0.4, -0.2) is 40.8 Å². The van der Waals surface area contributed by atoms with Crippen molar-refractivity contribution in [3.8, 4) is 0 Å². The molecule has 0 saturated heterocycles. The van der Waals surface area contributed by atoms with Crippen molar-refractivity contribution in [2.24, 2.45) is 28.6 Å². The minimum Gasteiger partial charge on any atom is -0.465 e. The molecule has 0 aliphatic heterocycles. The van der Waals surface area contributed by atoms with Gasteiger partial charge in [0.2, 0.25) is 0 Å². The van der Waals surface area contributed by atoms with Gasteiger partial charge in [0.15, 0.2) is 5.78 Å². The van der Waals surface area contributed by atoms with Crippen LogP contribution in [0.15, 0.2) is 35.5 Å². The third-order valence-electron chi connectivity index (χ3n) is 8.86. The van der Waals surface area contributed by atoms with Crippen molar-refractivity contribution in [2.75, 3.05) is 6.61 Å². The summed E-state index contributed by atoms with van der Waals surface area (Å²) < 4.78 is 5.23. The van der Waals surface area contributed by atoms with Gasteiger partial charge in [0.25, 0.3) is 0 Å². The van der Waals surface area contributed by atoms with Gasteiger partial charge < -0.3 is 14.9 Å². The van der Waals surface area contributed by atoms with Crippen molar-refractivity contribution in [1.29, 1.82) is 0 Å². The van der Waals surface area contributed by atoms with Gasteiger partial charge >= 0.3 is 5.97 Å². The average Bonchev–Trinajstić information content (AvgIpc) is 3.16. The molecule has 0 unspecified atom stereocenters. The molecule has 0 radical (unpaired) electrons. The molecule has 6 atom stereocenters. The first-order chi connectivity index (χ1) is 16.5. The van der Waals surface area contributed by atoms with E-state index < -0.39 is 23.6 Å². The van der Waals surface area contributed by atoms with Crippen LogP contribution in [-0.2, 0) is 14.3 Å². The van der Waals surface area contributed by atoms with Crippen LogP contribution in [0.2, 0.25) is 0 Å². The number of carbonyl (C=O) groups is 2. The molecule has 0 amide bonds. The fraction of sp³-hybridized carbons (Fsp3) is 0.733. The molecule has 0 bridgehead atoms. The lowest BCUT2D eigenvalue weighted by Gasteiger charge is -2.44. The zero-order valence-corrected chi connectivity index (χ0v) is 22.4. The third kappa shape index (κ3) is 6.35. The van der Waals surface area contributed by atoms with Crippen molar-refractivity contribution < 1.29 is 24.5 Å². The molecule has 5 nitrogen and oxygen atoms in total. The molecule has 3 saturated carbocycles. The van der Waals surface area contributed by atoms with Crippen LogP contribution < -0.4 is 0 Å². The summed E-state index contributed by atoms with van der Waals surface area (Å²) in [6.07, 6.45) is 15.4. The zero-order valence-electron chi connectivity index (χ0n) is 22.4. The number of rotatable bonds is 8. The summed E-state index contributed by atoms with van der Waals surface area (Å²) in [4.78, 5) is 25.2. The molecule has 3 rings (SSSR count). The Morgan fingerprint density at radius 1 is 1.17 bits per heavy atom. The first-order valence-corrected chi connectivity index (χ1v) is 13.6. The Bertz CT molecular complexity index is 854. The van der Waals surface area contributed by atoms with Crippen LogP contribution in [0.3, 0.4) is 0 Å². The lowest BCUT2D eigenvalue weighted by atomic mass is 9.61. The fourth-order valence-corrected chi connectivity index (χ4v) is 6.73. The Balaban J connectivity index is 1.69. The minimum absolute atomic E-state index is 0.191. The van der Waals surface area contributed by atoms with E-state index >= 15 is 0 Å². The van der Waals surface area contributed by atoms with Crippen molar-refractivity contribution in [3.05, 3.63) is 35.5 Å². The summed E-state index contributed by atoms with van der Waals surface area (Å²) in [6, 6.07) is 0. The summed E-state index contributed by atoms with van der Waals surface area (Å²) in [5.41, 5.74) is 1.66. The molecule has 5 heteroatoms. The number of ether oxygens (including phenoxy) is 1. The maximum Gasteiger partial charge on any atom is 0.319 e. The Hall–Kier alpha value is -1.72. The molecule has 0 aromatic rings. The number of aliphatic hydroxyl groups excluding tert-OH is 2. The lowest BCUT2D eigenvalue weighted by Crippen LogP contribution is -2.36. The van der Waals surface area contributed by atoms with E-state index in [0.717, 1.165) is 37.7 Å². The number of allylic oxidation sites excluding steroid dienone is 5. The standard InChI is InChI=1S/C30H46O5/c1-6-16-35-28(34)29(3,4)27(33)14-9-20(2)25-12-13-26-22(8-7-15-30(25,26)5)11-10-21-17-23(31)19-24(32)18-21/h9-11,14,20,23-26,31-32H,6-8,12-13,15-19H2,1-5H3/t20-,23-,24-,25-,26+,30-/m1/s1. The smallest absolute Gasteiger partial charge is 0.319 e. The molecule has 0 heterocycles. The molecule has 3 aliphatic carbocycles. The Morgan fingerprint density at radius 2 is 1.86 bits per heavy atom. The second-order valence-electron chi connectivity index (χ2n) is 12.0. The molecule has 3 fully saturated rings. The Morgan fingerprint density at radius 3 is 2.51 bits per heavy atom. The highest BCUT2D eigenvalue weighted by Gasteiger charge is 2.50. The van der Waals surface area contributed by atoms with Gasteiger partial charge in [0.05, 0.1) is 18.8 Å². The number of hydrogen-bond donors (Lipinski definition) is 2. The predicted molar refractivity (Wildman–Crippen MR) is 139 cm³/mol. The van der Waals surface area contributed by atoms with E-state index in [0.29, 0.717) is 37.7 Å². The second kappa shape index (κ2) is 11.6. The molecule has 2 N–H and O–H groups in total. The fourth-order valence-electron chi connectivity index (χ4n) is 6.73. The van der Waals surface area contributed by atoms with Crippen LogP contribution in [0.4, 0.5) is 0 Å². The first-order valence-electron chi connectivity index (χ1n) is 13.6. The maximum absolute atomic E-state index is 12.8. The van der Waals surface area contributed by atoms with Crippen molar-refractivity contribution in [3.63, 3.8) is 0 Å². The van der Waals surface area contributed by atoms with Crippen LogP contribution in [0.5, 0.6) is 0 Å². The highest BCUT2D eigenvalue weighted by Crippen LogP contribution is 2.59. The van der Waals surface area contributed by atoms with Gasteiger partial charge in [-0.05, 0) is 101 Å². The van der Waals surface area contributed by atoms with Gasteiger partial charge in [-0.3, -0.25) is 9.59 Å². The van der Waals surface area contributed by atoms with E-state index in [9.17, 15) is 19.8 Å². The Kier molecular flexibility index (Phi) is 9.20. The van der Waals surface area contributed by atoms with Crippen molar-refractivity contribution in [2.45, 2.75) is 105 Å². The number of hydrogen-bond acceptors (Lipinski definition) is 5. The SMILES string of the molecule is CCCOC(=O)C(C)(C)C(=O)C=C[C@@H](C)[C@H]1CC[C@H]2C(=CC=C3C[C@@H](O)C[C@H](O)C3)CCC[C@]12C. The molecule has 0 aromatic heterocycles. The lowest BCUT2D eigenvalue weighted by molar-refractivity contribution is -0.157. The summed E-state index contributed by atoms with van der Waals surface area (Å²) in [5.74, 6) is 0.615. The van der Waals surface area contributed by atoms with Crippen LogP contribution in [0.1, 0.15) is 92.4 Å². The zero-order chi connectivity index (χ0) is 25.8. The predicted octanol–water partition coefficient (Wildman–Crippen LogP) is 5.70. The highest BCUT2D eigenvalue weighted by atomic mass is 16.5. The summed E-state index contributed by atoms with van der Waals surface area (Å²) in [6.45, 7) is 10.2. The summed E-state index contributed by atoms with van der Waals surface area (Å²) in [5, 5.41) is 20.0. The van der Waals surface area contributed by atoms with Gasteiger partial charge in [-0.25, -0.2) is 0 Å². The molecule has 3 aliphatic rings. The average molecular weight is 487 g/mol. The number of esters is 1. The van der Waals surface area contributed by atoms with Gasteiger partial charge in [-0.2, -0.15) is 0 Å². The topological polar surface area (TPSA) is 83.8 Å². The minimum atomic E-state index is -1.16. The maximum atomic E-state index is 12.8. The van der Waals surface area contributed by atoms with E-state index in [1.807, 2.05) is 13.0 Å². The second-order valence-corrected chi connectivity index (χ2v) is 12.0. The van der Waals surface area contributed by atoms with Crippen molar-refractivity contribution in [1.82, 2.24) is 0 Å². The van der Waals surface area contributed by atoms with Crippen molar-refractivity contribution >= 4 is 11.8 Å². The third-order valence-corrected chi connectivity index (χ3v) is 8.86. The number of carbonyl (C=O) groups excluding carboxylic acids is 2. The van der Waals surface area contributed by atoms with Gasteiger partial charge in [0, 0.05) is 0 Å². The monoisotopic (exact) mass is 486 g/mol. The van der Waals surface area contributed by atoms with Gasteiger partial charge in [0.1, 0.15) is 5.41 Å².